The largest absolute Gasteiger partial charge is 0.343 e. The lowest BCUT2D eigenvalue weighted by Crippen LogP contribution is -2.54. The maximum atomic E-state index is 13.8. The number of piperazine rings is 1. The van der Waals surface area contributed by atoms with E-state index in [1.165, 1.54) is 5.56 Å². The van der Waals surface area contributed by atoms with Crippen LogP contribution in [0.2, 0.25) is 5.02 Å². The van der Waals surface area contributed by atoms with Crippen molar-refractivity contribution in [3.05, 3.63) is 64.2 Å². The molecule has 0 aliphatic carbocycles. The molecule has 3 aliphatic heterocycles. The first-order valence-corrected chi connectivity index (χ1v) is 18.0. The van der Waals surface area contributed by atoms with Gasteiger partial charge in [0.2, 0.25) is 15.9 Å². The maximum Gasteiger partial charge on any atom is 0.243 e. The van der Waals surface area contributed by atoms with Crippen LogP contribution in [0.5, 0.6) is 0 Å². The first-order valence-electron chi connectivity index (χ1n) is 16.2. The van der Waals surface area contributed by atoms with E-state index < -0.39 is 10.0 Å². The van der Waals surface area contributed by atoms with Crippen molar-refractivity contribution in [2.75, 3.05) is 52.9 Å². The van der Waals surface area contributed by atoms with Crippen molar-refractivity contribution < 1.29 is 13.2 Å². The Balaban J connectivity index is 1.19. The highest BCUT2D eigenvalue weighted by molar-refractivity contribution is 7.89. The van der Waals surface area contributed by atoms with Crippen LogP contribution in [0.15, 0.2) is 47.4 Å². The Morgan fingerprint density at radius 1 is 0.907 bits per heavy atom. The number of carbonyl (C=O) groups is 1. The molecule has 7 nitrogen and oxygen atoms in total. The molecule has 3 saturated heterocycles. The summed E-state index contributed by atoms with van der Waals surface area (Å²) < 4.78 is 29.2. The smallest absolute Gasteiger partial charge is 0.243 e. The van der Waals surface area contributed by atoms with Crippen molar-refractivity contribution in [3.63, 3.8) is 0 Å². The first kappa shape index (κ1) is 32.4. The third-order valence-corrected chi connectivity index (χ3v) is 12.5. The third kappa shape index (κ3) is 7.82. The molecule has 1 amide bonds. The zero-order valence-corrected chi connectivity index (χ0v) is 27.8. The average Bonchev–Trinajstić information content (AvgIpc) is 3.01. The number of halogens is 1. The summed E-state index contributed by atoms with van der Waals surface area (Å²) in [5.74, 6) is 0.733. The van der Waals surface area contributed by atoms with Gasteiger partial charge in [-0.15, -0.1) is 0 Å². The Hall–Kier alpha value is -1.97. The fourth-order valence-corrected chi connectivity index (χ4v) is 9.56. The summed E-state index contributed by atoms with van der Waals surface area (Å²) >= 11 is 6.26. The van der Waals surface area contributed by atoms with Gasteiger partial charge in [0.1, 0.15) is 0 Å². The van der Waals surface area contributed by atoms with Gasteiger partial charge in [-0.3, -0.25) is 9.69 Å². The number of amides is 1. The van der Waals surface area contributed by atoms with Crippen LogP contribution in [0, 0.1) is 19.8 Å². The zero-order valence-electron chi connectivity index (χ0n) is 26.2. The Labute approximate surface area is 264 Å². The molecule has 0 aromatic heterocycles. The van der Waals surface area contributed by atoms with Gasteiger partial charge in [-0.2, -0.15) is 4.31 Å². The van der Waals surface area contributed by atoms with E-state index in [2.05, 4.69) is 47.2 Å². The third-order valence-electron chi connectivity index (χ3n) is 10.0. The van der Waals surface area contributed by atoms with Gasteiger partial charge in [-0.1, -0.05) is 48.4 Å². The standard InChI is InChI=1S/C34H49ClN4O3S/c1-26-24-33(27(2)23-31(26)35)43(41,42)39-16-8-7-11-30(39)12-13-34(40)38-17-14-29(15-18-38)32(25-28-9-5-4-6-10-28)37-21-19-36(3)20-22-37/h4-6,9-10,23-24,29-30,32H,7-8,11-22,25H2,1-3H3. The van der Waals surface area contributed by atoms with E-state index in [1.807, 2.05) is 11.8 Å². The first-order chi connectivity index (χ1) is 20.6. The van der Waals surface area contributed by atoms with Crippen LogP contribution in [-0.4, -0.2) is 98.3 Å². The van der Waals surface area contributed by atoms with E-state index in [9.17, 15) is 13.2 Å². The predicted octanol–water partition coefficient (Wildman–Crippen LogP) is 5.38. The maximum absolute atomic E-state index is 13.8. The highest BCUT2D eigenvalue weighted by atomic mass is 35.5. The SMILES string of the molecule is Cc1cc(S(=O)(=O)N2CCCCC2CCC(=O)N2CCC(C(Cc3ccccc3)N3CCN(C)CC3)CC2)c(C)cc1Cl. The summed E-state index contributed by atoms with van der Waals surface area (Å²) in [6, 6.07) is 14.6. The van der Waals surface area contributed by atoms with Crippen molar-refractivity contribution in [1.29, 1.82) is 0 Å². The van der Waals surface area contributed by atoms with E-state index in [0.29, 0.717) is 46.8 Å². The van der Waals surface area contributed by atoms with Gasteiger partial charge >= 0.3 is 0 Å². The highest BCUT2D eigenvalue weighted by Crippen LogP contribution is 2.33. The number of piperidine rings is 2. The van der Waals surface area contributed by atoms with Crippen molar-refractivity contribution in [2.24, 2.45) is 5.92 Å². The van der Waals surface area contributed by atoms with Crippen molar-refractivity contribution in [2.45, 2.75) is 82.2 Å². The fourth-order valence-electron chi connectivity index (χ4n) is 7.32. The number of nitrogens with zero attached hydrogens (tertiary/aromatic N) is 4. The Morgan fingerprint density at radius 2 is 1.60 bits per heavy atom. The van der Waals surface area contributed by atoms with Gasteiger partial charge < -0.3 is 9.80 Å². The lowest BCUT2D eigenvalue weighted by atomic mass is 9.84. The molecule has 2 aromatic carbocycles. The van der Waals surface area contributed by atoms with E-state index in [-0.39, 0.29) is 11.9 Å². The number of benzene rings is 2. The second-order valence-corrected chi connectivity index (χ2v) is 15.3. The molecule has 0 bridgehead atoms. The minimum atomic E-state index is -3.67. The molecule has 2 unspecified atom stereocenters. The van der Waals surface area contributed by atoms with Crippen molar-refractivity contribution in [1.82, 2.24) is 19.0 Å². The van der Waals surface area contributed by atoms with Crippen LogP contribution >= 0.6 is 11.6 Å². The van der Waals surface area contributed by atoms with E-state index >= 15 is 0 Å². The number of carbonyl (C=O) groups excluding carboxylic acids is 1. The number of sulfonamides is 1. The monoisotopic (exact) mass is 628 g/mol. The Morgan fingerprint density at radius 3 is 2.30 bits per heavy atom. The second-order valence-electron chi connectivity index (χ2n) is 13.0. The predicted molar refractivity (Wildman–Crippen MR) is 174 cm³/mol. The summed E-state index contributed by atoms with van der Waals surface area (Å²) in [5.41, 5.74) is 2.82. The lowest BCUT2D eigenvalue weighted by molar-refractivity contribution is -0.133. The zero-order chi connectivity index (χ0) is 30.6. The van der Waals surface area contributed by atoms with Crippen molar-refractivity contribution >= 4 is 27.5 Å². The van der Waals surface area contributed by atoms with Crippen molar-refractivity contribution in [3.8, 4) is 0 Å². The minimum Gasteiger partial charge on any atom is -0.343 e. The van der Waals surface area contributed by atoms with Gasteiger partial charge in [0.05, 0.1) is 4.90 Å². The fraction of sp³-hybridized carbons (Fsp3) is 0.618. The molecule has 2 aromatic rings. The molecule has 0 saturated carbocycles. The van der Waals surface area contributed by atoms with Gasteiger partial charge in [-0.05, 0) is 94.2 Å². The molecule has 0 radical (unpaired) electrons. The second kappa shape index (κ2) is 14.4. The van der Waals surface area contributed by atoms with Crippen LogP contribution in [-0.2, 0) is 21.2 Å². The van der Waals surface area contributed by atoms with E-state index in [4.69, 9.17) is 11.6 Å². The summed E-state index contributed by atoms with van der Waals surface area (Å²) in [6.07, 6.45) is 6.70. The molecule has 236 valence electrons. The molecule has 2 atom stereocenters. The molecule has 0 N–H and O–H groups in total. The molecule has 3 heterocycles. The molecule has 0 spiro atoms. The number of hydrogen-bond donors (Lipinski definition) is 0. The van der Waals surface area contributed by atoms with Crippen LogP contribution in [0.25, 0.3) is 0 Å². The normalized spacial score (nSPS) is 22.5. The summed E-state index contributed by atoms with van der Waals surface area (Å²) in [7, 11) is -1.47. The number of likely N-dealkylation sites (tertiary alicyclic amines) is 1. The molecular weight excluding hydrogens is 580 g/mol. The topological polar surface area (TPSA) is 64.2 Å². The van der Waals surface area contributed by atoms with E-state index in [0.717, 1.165) is 83.4 Å². The van der Waals surface area contributed by atoms with Crippen LogP contribution in [0.4, 0.5) is 0 Å². The molecular formula is C34H49ClN4O3S. The average molecular weight is 629 g/mol. The summed E-state index contributed by atoms with van der Waals surface area (Å²) in [5, 5.41) is 0.580. The summed E-state index contributed by atoms with van der Waals surface area (Å²) in [6.45, 7) is 10.1. The number of rotatable bonds is 9. The number of aryl methyl sites for hydroxylation is 2. The number of likely N-dealkylation sites (N-methyl/N-ethyl adjacent to an activating group) is 1. The van der Waals surface area contributed by atoms with Crippen LogP contribution in [0.3, 0.4) is 0 Å². The highest BCUT2D eigenvalue weighted by Gasteiger charge is 2.36. The van der Waals surface area contributed by atoms with Gasteiger partial charge in [0.25, 0.3) is 0 Å². The number of hydrogen-bond acceptors (Lipinski definition) is 5. The minimum absolute atomic E-state index is 0.150. The molecule has 43 heavy (non-hydrogen) atoms. The molecule has 3 aliphatic rings. The Kier molecular flexibility index (Phi) is 10.9. The van der Waals surface area contributed by atoms with Crippen LogP contribution < -0.4 is 0 Å². The van der Waals surface area contributed by atoms with E-state index in [1.54, 1.807) is 23.4 Å². The van der Waals surface area contributed by atoms with Gasteiger partial charge in [0, 0.05) is 69.3 Å². The summed E-state index contributed by atoms with van der Waals surface area (Å²) in [4.78, 5) is 20.9. The van der Waals surface area contributed by atoms with Gasteiger partial charge in [-0.25, -0.2) is 8.42 Å². The van der Waals surface area contributed by atoms with Crippen LogP contribution in [0.1, 0.15) is 61.6 Å². The Bertz CT molecular complexity index is 1340. The quantitative estimate of drug-likeness (QED) is 0.373. The molecule has 3 fully saturated rings. The molecule has 5 rings (SSSR count). The molecule has 9 heteroatoms. The van der Waals surface area contributed by atoms with Gasteiger partial charge in [0.15, 0.2) is 0 Å². The lowest BCUT2D eigenvalue weighted by Gasteiger charge is -2.44.